The van der Waals surface area contributed by atoms with Crippen molar-refractivity contribution in [1.82, 2.24) is 4.98 Å². The molecule has 9 nitrogen and oxygen atoms in total. The molecular weight excluding hydrogens is 332 g/mol. The fraction of sp³-hybridized carbons (Fsp3) is 0.188. The van der Waals surface area contributed by atoms with Crippen molar-refractivity contribution >= 4 is 11.9 Å². The molecule has 1 aromatic heterocycles. The van der Waals surface area contributed by atoms with Gasteiger partial charge in [0.25, 0.3) is 5.09 Å². The van der Waals surface area contributed by atoms with Gasteiger partial charge < -0.3 is 14.3 Å². The fourth-order valence-corrected chi connectivity index (χ4v) is 2.00. The van der Waals surface area contributed by atoms with Crippen molar-refractivity contribution in [2.75, 3.05) is 0 Å². The first-order valence-corrected chi connectivity index (χ1v) is 7.10. The summed E-state index contributed by atoms with van der Waals surface area (Å²) in [6.45, 7) is 2.39. The van der Waals surface area contributed by atoms with Crippen molar-refractivity contribution in [3.05, 3.63) is 63.5 Å². The van der Waals surface area contributed by atoms with Crippen LogP contribution in [0.4, 0.5) is 0 Å². The molecular formula is C16H14N2O7. The number of nitrogens with zero attached hydrogens (tertiary/aromatic N) is 2. The molecule has 0 aliphatic heterocycles. The van der Waals surface area contributed by atoms with E-state index in [0.717, 1.165) is 0 Å². The number of carbonyl (C=O) groups is 2. The van der Waals surface area contributed by atoms with Gasteiger partial charge in [-0.05, 0) is 25.1 Å². The molecule has 0 N–H and O–H groups in total. The Hall–Kier alpha value is -3.49. The monoisotopic (exact) mass is 346 g/mol. The molecule has 0 atom stereocenters. The lowest BCUT2D eigenvalue weighted by atomic mass is 10.2. The van der Waals surface area contributed by atoms with Gasteiger partial charge in [-0.3, -0.25) is 9.78 Å². The molecule has 0 spiro atoms. The van der Waals surface area contributed by atoms with Crippen LogP contribution in [0, 0.1) is 17.0 Å². The van der Waals surface area contributed by atoms with Crippen molar-refractivity contribution in [1.29, 1.82) is 0 Å². The van der Waals surface area contributed by atoms with E-state index in [4.69, 9.17) is 9.47 Å². The summed E-state index contributed by atoms with van der Waals surface area (Å²) in [5.41, 5.74) is 0.714. The number of esters is 2. The lowest BCUT2D eigenvalue weighted by Crippen LogP contribution is -2.14. The zero-order chi connectivity index (χ0) is 18.4. The molecule has 0 unspecified atom stereocenters. The largest absolute Gasteiger partial charge is 0.426 e. The van der Waals surface area contributed by atoms with Crippen LogP contribution >= 0.6 is 0 Å². The van der Waals surface area contributed by atoms with Crippen LogP contribution in [-0.2, 0) is 16.2 Å². The van der Waals surface area contributed by atoms with E-state index >= 15 is 0 Å². The number of pyridine rings is 1. The third-order valence-electron chi connectivity index (χ3n) is 3.11. The second-order valence-electron chi connectivity index (χ2n) is 4.85. The predicted octanol–water partition coefficient (Wildman–Crippen LogP) is 2.24. The Morgan fingerprint density at radius 2 is 1.88 bits per heavy atom. The fourth-order valence-electron chi connectivity index (χ4n) is 2.00. The Labute approximate surface area is 142 Å². The zero-order valence-corrected chi connectivity index (χ0v) is 13.4. The molecule has 0 amide bonds. The standard InChI is InChI=1S/C16H14N2O7/c1-10-13(9-23-18(21)22)15(7-8-17-10)25-16(20)12-5-3-4-6-14(12)24-11(2)19/h3-8H,9H2,1-2H3. The van der Waals surface area contributed by atoms with E-state index in [1.807, 2.05) is 0 Å². The van der Waals surface area contributed by atoms with Crippen molar-refractivity contribution in [2.45, 2.75) is 20.5 Å². The van der Waals surface area contributed by atoms with Gasteiger partial charge in [0.15, 0.2) is 0 Å². The van der Waals surface area contributed by atoms with Crippen LogP contribution in [0.15, 0.2) is 36.5 Å². The van der Waals surface area contributed by atoms with E-state index in [2.05, 4.69) is 9.82 Å². The maximum Gasteiger partial charge on any atom is 0.347 e. The van der Waals surface area contributed by atoms with Crippen LogP contribution in [0.25, 0.3) is 0 Å². The molecule has 0 bridgehead atoms. The van der Waals surface area contributed by atoms with E-state index in [1.54, 1.807) is 19.1 Å². The number of aromatic nitrogens is 1. The number of aryl methyl sites for hydroxylation is 1. The normalized spacial score (nSPS) is 10.0. The number of hydrogen-bond acceptors (Lipinski definition) is 8. The summed E-state index contributed by atoms with van der Waals surface area (Å²) in [4.78, 5) is 42.3. The molecule has 0 aliphatic rings. The van der Waals surface area contributed by atoms with Crippen LogP contribution in [-0.4, -0.2) is 22.0 Å². The third kappa shape index (κ3) is 4.74. The first-order valence-electron chi connectivity index (χ1n) is 7.10. The minimum atomic E-state index is -0.950. The van der Waals surface area contributed by atoms with Crippen LogP contribution in [0.3, 0.4) is 0 Å². The Kier molecular flexibility index (Phi) is 5.62. The second kappa shape index (κ2) is 7.86. The summed E-state index contributed by atoms with van der Waals surface area (Å²) in [5, 5.41) is 9.44. The number of ether oxygens (including phenoxy) is 2. The van der Waals surface area contributed by atoms with E-state index in [1.165, 1.54) is 31.3 Å². The number of hydrogen-bond donors (Lipinski definition) is 0. The van der Waals surface area contributed by atoms with Gasteiger partial charge in [0.2, 0.25) is 0 Å². The minimum absolute atomic E-state index is 0.0355. The average molecular weight is 346 g/mol. The van der Waals surface area contributed by atoms with Gasteiger partial charge >= 0.3 is 11.9 Å². The molecule has 130 valence electrons. The number of rotatable bonds is 6. The summed E-state index contributed by atoms with van der Waals surface area (Å²) in [6.07, 6.45) is 1.39. The molecule has 0 aliphatic carbocycles. The van der Waals surface area contributed by atoms with E-state index in [-0.39, 0.29) is 22.6 Å². The maximum atomic E-state index is 12.4. The molecule has 0 fully saturated rings. The van der Waals surface area contributed by atoms with E-state index in [9.17, 15) is 19.7 Å². The smallest absolute Gasteiger partial charge is 0.347 e. The van der Waals surface area contributed by atoms with Gasteiger partial charge in [-0.1, -0.05) is 12.1 Å². The quantitative estimate of drug-likeness (QED) is 0.338. The molecule has 2 rings (SSSR count). The van der Waals surface area contributed by atoms with Gasteiger partial charge in [0.1, 0.15) is 23.7 Å². The summed E-state index contributed by atoms with van der Waals surface area (Å²) >= 11 is 0. The molecule has 2 aromatic rings. The minimum Gasteiger partial charge on any atom is -0.426 e. The molecule has 0 radical (unpaired) electrons. The van der Waals surface area contributed by atoms with Gasteiger partial charge in [-0.2, -0.15) is 0 Å². The predicted molar refractivity (Wildman–Crippen MR) is 83.5 cm³/mol. The van der Waals surface area contributed by atoms with Gasteiger partial charge in [0.05, 0.1) is 0 Å². The lowest BCUT2D eigenvalue weighted by molar-refractivity contribution is -0.763. The zero-order valence-electron chi connectivity index (χ0n) is 13.4. The maximum absolute atomic E-state index is 12.4. The van der Waals surface area contributed by atoms with Gasteiger partial charge in [-0.25, -0.2) is 4.79 Å². The molecule has 0 saturated heterocycles. The lowest BCUT2D eigenvalue weighted by Gasteiger charge is -2.12. The summed E-state index contributed by atoms with van der Waals surface area (Å²) in [6, 6.07) is 7.45. The van der Waals surface area contributed by atoms with Gasteiger partial charge in [-0.15, -0.1) is 10.1 Å². The van der Waals surface area contributed by atoms with Crippen LogP contribution in [0.2, 0.25) is 0 Å². The van der Waals surface area contributed by atoms with E-state index in [0.29, 0.717) is 5.69 Å². The Morgan fingerprint density at radius 1 is 1.16 bits per heavy atom. The van der Waals surface area contributed by atoms with Crippen LogP contribution in [0.5, 0.6) is 11.5 Å². The number of benzene rings is 1. The number of para-hydroxylation sites is 1. The van der Waals surface area contributed by atoms with Crippen LogP contribution < -0.4 is 9.47 Å². The SMILES string of the molecule is CC(=O)Oc1ccccc1C(=O)Oc1ccnc(C)c1CO[N+](=O)[O-]. The summed E-state index contributed by atoms with van der Waals surface area (Å²) < 4.78 is 10.3. The molecule has 9 heteroatoms. The van der Waals surface area contributed by atoms with Crippen molar-refractivity contribution in [2.24, 2.45) is 0 Å². The highest BCUT2D eigenvalue weighted by molar-refractivity contribution is 5.94. The highest BCUT2D eigenvalue weighted by Gasteiger charge is 2.19. The topological polar surface area (TPSA) is 118 Å². The molecule has 25 heavy (non-hydrogen) atoms. The Bertz CT molecular complexity index is 820. The summed E-state index contributed by atoms with van der Waals surface area (Å²) in [5.74, 6) is -1.25. The number of carbonyl (C=O) groups excluding carboxylic acids is 2. The summed E-state index contributed by atoms with van der Waals surface area (Å²) in [7, 11) is 0. The average Bonchev–Trinajstić information content (AvgIpc) is 2.54. The van der Waals surface area contributed by atoms with Crippen molar-refractivity contribution in [3.8, 4) is 11.5 Å². The first kappa shape index (κ1) is 17.9. The molecule has 1 aromatic carbocycles. The van der Waals surface area contributed by atoms with E-state index < -0.39 is 23.6 Å². The Morgan fingerprint density at radius 3 is 2.56 bits per heavy atom. The highest BCUT2D eigenvalue weighted by atomic mass is 16.9. The van der Waals surface area contributed by atoms with Crippen molar-refractivity contribution in [3.63, 3.8) is 0 Å². The second-order valence-corrected chi connectivity index (χ2v) is 4.85. The first-order chi connectivity index (χ1) is 11.9. The third-order valence-corrected chi connectivity index (χ3v) is 3.11. The van der Waals surface area contributed by atoms with Gasteiger partial charge in [0, 0.05) is 24.4 Å². The highest BCUT2D eigenvalue weighted by Crippen LogP contribution is 2.25. The molecule has 0 saturated carbocycles. The Balaban J connectivity index is 2.28. The van der Waals surface area contributed by atoms with Crippen molar-refractivity contribution < 1.29 is 29.0 Å². The molecule has 1 heterocycles. The van der Waals surface area contributed by atoms with Crippen LogP contribution in [0.1, 0.15) is 28.5 Å².